The van der Waals surface area contributed by atoms with Gasteiger partial charge in [0.25, 0.3) is 0 Å². The molecule has 0 amide bonds. The van der Waals surface area contributed by atoms with E-state index in [4.69, 9.17) is 17.0 Å². The lowest BCUT2D eigenvalue weighted by Crippen LogP contribution is -2.39. The van der Waals surface area contributed by atoms with Gasteiger partial charge < -0.3 is 20.1 Å². The third kappa shape index (κ3) is 5.42. The maximum atomic E-state index is 12.9. The van der Waals surface area contributed by atoms with Crippen molar-refractivity contribution in [2.75, 3.05) is 18.4 Å². The molecule has 23 heavy (non-hydrogen) atoms. The SMILES string of the molecule is CCN(C[C@H](C)O)C(=S)Nc1ncc(Oc2ccc(F)cc2)s1. The van der Waals surface area contributed by atoms with Gasteiger partial charge in [-0.25, -0.2) is 9.37 Å². The van der Waals surface area contributed by atoms with Crippen LogP contribution in [0.3, 0.4) is 0 Å². The number of thiazole rings is 1. The Balaban J connectivity index is 1.96. The molecule has 2 N–H and O–H groups in total. The molecule has 1 atom stereocenters. The van der Waals surface area contributed by atoms with E-state index in [0.29, 0.717) is 34.1 Å². The number of likely N-dealkylation sites (N-methyl/N-ethyl adjacent to an activating group) is 1. The Morgan fingerprint density at radius 2 is 2.17 bits per heavy atom. The largest absolute Gasteiger partial charge is 0.445 e. The summed E-state index contributed by atoms with van der Waals surface area (Å²) in [4.78, 5) is 6.05. The highest BCUT2D eigenvalue weighted by molar-refractivity contribution is 7.80. The first kappa shape index (κ1) is 17.6. The summed E-state index contributed by atoms with van der Waals surface area (Å²) in [5.74, 6) is 0.223. The van der Waals surface area contributed by atoms with Crippen LogP contribution in [-0.2, 0) is 0 Å². The van der Waals surface area contributed by atoms with Crippen LogP contribution >= 0.6 is 23.6 Å². The van der Waals surface area contributed by atoms with E-state index >= 15 is 0 Å². The average Bonchev–Trinajstić information content (AvgIpc) is 2.94. The Morgan fingerprint density at radius 3 is 2.78 bits per heavy atom. The number of hydrogen-bond acceptors (Lipinski definition) is 5. The summed E-state index contributed by atoms with van der Waals surface area (Å²) in [6, 6.07) is 5.77. The van der Waals surface area contributed by atoms with Crippen molar-refractivity contribution in [3.05, 3.63) is 36.3 Å². The van der Waals surface area contributed by atoms with E-state index in [1.54, 1.807) is 25.3 Å². The number of aliphatic hydroxyl groups excluding tert-OH is 1. The lowest BCUT2D eigenvalue weighted by atomic mass is 10.3. The number of thiocarbonyl (C=S) groups is 1. The number of aliphatic hydroxyl groups is 1. The number of rotatable bonds is 6. The molecular formula is C15H18FN3O2S2. The van der Waals surface area contributed by atoms with Crippen LogP contribution in [-0.4, -0.2) is 39.3 Å². The molecule has 124 valence electrons. The molecule has 0 aliphatic rings. The van der Waals surface area contributed by atoms with Crippen molar-refractivity contribution in [2.45, 2.75) is 20.0 Å². The third-order valence-electron chi connectivity index (χ3n) is 2.88. The van der Waals surface area contributed by atoms with Crippen LogP contribution < -0.4 is 10.1 Å². The van der Waals surface area contributed by atoms with Crippen molar-refractivity contribution >= 4 is 33.8 Å². The van der Waals surface area contributed by atoms with Crippen molar-refractivity contribution in [1.29, 1.82) is 0 Å². The maximum Gasteiger partial charge on any atom is 0.202 e. The molecule has 0 bridgehead atoms. The van der Waals surface area contributed by atoms with E-state index in [0.717, 1.165) is 0 Å². The first-order valence-corrected chi connectivity index (χ1v) is 8.33. The first-order valence-electron chi connectivity index (χ1n) is 7.11. The molecular weight excluding hydrogens is 337 g/mol. The molecule has 0 unspecified atom stereocenters. The zero-order valence-corrected chi connectivity index (χ0v) is 14.5. The van der Waals surface area contributed by atoms with Crippen molar-refractivity contribution < 1.29 is 14.2 Å². The molecule has 0 aliphatic carbocycles. The molecule has 2 rings (SSSR count). The van der Waals surface area contributed by atoms with Crippen molar-refractivity contribution in [2.24, 2.45) is 0 Å². The Morgan fingerprint density at radius 1 is 1.48 bits per heavy atom. The number of benzene rings is 1. The summed E-state index contributed by atoms with van der Waals surface area (Å²) >= 11 is 6.61. The number of halogens is 1. The molecule has 0 radical (unpaired) electrons. The van der Waals surface area contributed by atoms with Crippen LogP contribution in [0.2, 0.25) is 0 Å². The number of nitrogens with one attached hydrogen (secondary N) is 1. The second-order valence-electron chi connectivity index (χ2n) is 4.86. The van der Waals surface area contributed by atoms with E-state index in [1.165, 1.54) is 23.5 Å². The predicted molar refractivity (Wildman–Crippen MR) is 93.7 cm³/mol. The molecule has 0 saturated carbocycles. The standard InChI is InChI=1S/C15H18FN3O2S2/c1-3-19(9-10(2)20)15(22)18-14-17-8-13(23-14)21-12-6-4-11(16)5-7-12/h4-8,10,20H,3,9H2,1-2H3,(H,17,18,22)/t10-/m0/s1. The fourth-order valence-electron chi connectivity index (χ4n) is 1.83. The molecule has 0 fully saturated rings. The van der Waals surface area contributed by atoms with Crippen LogP contribution in [0.15, 0.2) is 30.5 Å². The highest BCUT2D eigenvalue weighted by atomic mass is 32.1. The minimum absolute atomic E-state index is 0.313. The van der Waals surface area contributed by atoms with Gasteiger partial charge in [-0.05, 0) is 50.3 Å². The number of ether oxygens (including phenoxy) is 1. The molecule has 0 aliphatic heterocycles. The second-order valence-corrected chi connectivity index (χ2v) is 6.24. The number of nitrogens with zero attached hydrogens (tertiary/aromatic N) is 2. The minimum atomic E-state index is -0.469. The summed E-state index contributed by atoms with van der Waals surface area (Å²) in [5, 5.41) is 14.2. The van der Waals surface area contributed by atoms with E-state index in [1.807, 2.05) is 11.8 Å². The predicted octanol–water partition coefficient (Wildman–Crippen LogP) is 3.47. The second kappa shape index (κ2) is 8.19. The topological polar surface area (TPSA) is 57.6 Å². The minimum Gasteiger partial charge on any atom is -0.445 e. The normalized spacial score (nSPS) is 11.8. The first-order chi connectivity index (χ1) is 11.0. The van der Waals surface area contributed by atoms with Gasteiger partial charge in [0.05, 0.1) is 12.3 Å². The number of anilines is 1. The van der Waals surface area contributed by atoms with Gasteiger partial charge in [0.1, 0.15) is 11.6 Å². The zero-order chi connectivity index (χ0) is 16.8. The van der Waals surface area contributed by atoms with Crippen LogP contribution in [0.4, 0.5) is 9.52 Å². The molecule has 0 spiro atoms. The molecule has 1 heterocycles. The Hall–Kier alpha value is -1.77. The van der Waals surface area contributed by atoms with Gasteiger partial charge in [-0.3, -0.25) is 0 Å². The lowest BCUT2D eigenvalue weighted by Gasteiger charge is -2.24. The van der Waals surface area contributed by atoms with Gasteiger partial charge in [0, 0.05) is 13.1 Å². The van der Waals surface area contributed by atoms with E-state index < -0.39 is 6.10 Å². The molecule has 0 saturated heterocycles. The fraction of sp³-hybridized carbons (Fsp3) is 0.333. The van der Waals surface area contributed by atoms with Crippen molar-refractivity contribution in [3.8, 4) is 10.8 Å². The summed E-state index contributed by atoms with van der Waals surface area (Å²) in [6.45, 7) is 4.80. The zero-order valence-electron chi connectivity index (χ0n) is 12.8. The maximum absolute atomic E-state index is 12.9. The van der Waals surface area contributed by atoms with Gasteiger partial charge in [0.2, 0.25) is 5.06 Å². The number of aromatic nitrogens is 1. The molecule has 2 aromatic rings. The van der Waals surface area contributed by atoms with E-state index in [2.05, 4.69) is 10.3 Å². The Labute approximate surface area is 143 Å². The van der Waals surface area contributed by atoms with Gasteiger partial charge in [0.15, 0.2) is 10.2 Å². The van der Waals surface area contributed by atoms with Crippen molar-refractivity contribution in [1.82, 2.24) is 9.88 Å². The van der Waals surface area contributed by atoms with Gasteiger partial charge in [-0.1, -0.05) is 11.3 Å². The van der Waals surface area contributed by atoms with Gasteiger partial charge in [-0.15, -0.1) is 0 Å². The molecule has 5 nitrogen and oxygen atoms in total. The molecule has 1 aromatic carbocycles. The monoisotopic (exact) mass is 355 g/mol. The lowest BCUT2D eigenvalue weighted by molar-refractivity contribution is 0.162. The molecule has 8 heteroatoms. The van der Waals surface area contributed by atoms with Crippen LogP contribution in [0.5, 0.6) is 10.8 Å². The smallest absolute Gasteiger partial charge is 0.202 e. The highest BCUT2D eigenvalue weighted by Crippen LogP contribution is 2.30. The number of hydrogen-bond donors (Lipinski definition) is 2. The molecule has 1 aromatic heterocycles. The van der Waals surface area contributed by atoms with Gasteiger partial charge in [-0.2, -0.15) is 0 Å². The van der Waals surface area contributed by atoms with Crippen LogP contribution in [0.25, 0.3) is 0 Å². The average molecular weight is 355 g/mol. The highest BCUT2D eigenvalue weighted by Gasteiger charge is 2.12. The summed E-state index contributed by atoms with van der Waals surface area (Å²) in [5.41, 5.74) is 0. The Kier molecular flexibility index (Phi) is 6.26. The van der Waals surface area contributed by atoms with Crippen LogP contribution in [0.1, 0.15) is 13.8 Å². The summed E-state index contributed by atoms with van der Waals surface area (Å²) in [7, 11) is 0. The van der Waals surface area contributed by atoms with Gasteiger partial charge >= 0.3 is 0 Å². The summed E-state index contributed by atoms with van der Waals surface area (Å²) in [6.07, 6.45) is 1.10. The van der Waals surface area contributed by atoms with E-state index in [-0.39, 0.29) is 5.82 Å². The van der Waals surface area contributed by atoms with Crippen molar-refractivity contribution in [3.63, 3.8) is 0 Å². The Bertz CT molecular complexity index is 646. The third-order valence-corrected chi connectivity index (χ3v) is 4.03. The summed E-state index contributed by atoms with van der Waals surface area (Å²) < 4.78 is 18.5. The fourth-order valence-corrected chi connectivity index (χ4v) is 2.88. The quantitative estimate of drug-likeness (QED) is 0.774. The van der Waals surface area contributed by atoms with Crippen LogP contribution in [0, 0.1) is 5.82 Å². The van der Waals surface area contributed by atoms with E-state index in [9.17, 15) is 9.50 Å².